The number of nitrogens with one attached hydrogen (secondary N) is 3. The standard InChI is InChI=1S/C14H14ClN3O4S/c15-10-6-4-9(5-7-10)8-16-14(20)17-11-2-1-3-12(13(11)19)18-23(21)22/h1-7,18-19H,8H2,(H,21,22)(H2,16,17,20). The van der Waals surface area contributed by atoms with E-state index in [1.807, 2.05) is 0 Å². The molecule has 0 saturated carbocycles. The predicted octanol–water partition coefficient (Wildman–Crippen LogP) is 2.92. The number of para-hydroxylation sites is 1. The molecule has 2 aromatic rings. The number of hydrogen-bond donors (Lipinski definition) is 5. The number of hydrogen-bond acceptors (Lipinski definition) is 3. The van der Waals surface area contributed by atoms with Crippen LogP contribution in [0.25, 0.3) is 0 Å². The molecule has 0 aromatic heterocycles. The highest BCUT2D eigenvalue weighted by atomic mass is 35.5. The lowest BCUT2D eigenvalue weighted by Gasteiger charge is -2.11. The van der Waals surface area contributed by atoms with Gasteiger partial charge in [0.1, 0.15) is 0 Å². The van der Waals surface area contributed by atoms with Gasteiger partial charge in [0.15, 0.2) is 5.75 Å². The van der Waals surface area contributed by atoms with Crippen LogP contribution in [0.4, 0.5) is 16.2 Å². The molecule has 0 saturated heterocycles. The molecule has 0 aliphatic carbocycles. The summed E-state index contributed by atoms with van der Waals surface area (Å²) in [4.78, 5) is 11.8. The molecule has 9 heteroatoms. The largest absolute Gasteiger partial charge is 0.504 e. The number of phenols is 1. The van der Waals surface area contributed by atoms with Crippen molar-refractivity contribution in [1.29, 1.82) is 0 Å². The number of amides is 2. The zero-order valence-corrected chi connectivity index (χ0v) is 13.3. The molecule has 0 spiro atoms. The summed E-state index contributed by atoms with van der Waals surface area (Å²) < 4.78 is 21.6. The summed E-state index contributed by atoms with van der Waals surface area (Å²) in [5.41, 5.74) is 0.996. The minimum atomic E-state index is -2.33. The quantitative estimate of drug-likeness (QED) is 0.419. The zero-order chi connectivity index (χ0) is 16.8. The van der Waals surface area contributed by atoms with Crippen LogP contribution in [0.1, 0.15) is 5.56 Å². The van der Waals surface area contributed by atoms with Crippen molar-refractivity contribution >= 4 is 40.3 Å². The van der Waals surface area contributed by atoms with E-state index < -0.39 is 17.3 Å². The van der Waals surface area contributed by atoms with Crippen LogP contribution in [-0.2, 0) is 17.8 Å². The molecule has 2 rings (SSSR count). The third-order valence-electron chi connectivity index (χ3n) is 2.85. The van der Waals surface area contributed by atoms with Gasteiger partial charge in [0.25, 0.3) is 11.3 Å². The van der Waals surface area contributed by atoms with Gasteiger partial charge >= 0.3 is 6.03 Å². The number of urea groups is 1. The van der Waals surface area contributed by atoms with Gasteiger partial charge in [-0.15, -0.1) is 0 Å². The molecule has 0 aliphatic heterocycles. The number of carbonyl (C=O) groups is 1. The maximum absolute atomic E-state index is 11.8. The Kier molecular flexibility index (Phi) is 5.80. The van der Waals surface area contributed by atoms with Crippen LogP contribution in [0.15, 0.2) is 42.5 Å². The maximum Gasteiger partial charge on any atom is 0.319 e. The van der Waals surface area contributed by atoms with Gasteiger partial charge in [0.05, 0.1) is 11.4 Å². The van der Waals surface area contributed by atoms with Crippen molar-refractivity contribution < 1.29 is 18.7 Å². The zero-order valence-electron chi connectivity index (χ0n) is 11.7. The van der Waals surface area contributed by atoms with E-state index in [0.29, 0.717) is 5.02 Å². The Morgan fingerprint density at radius 1 is 1.13 bits per heavy atom. The molecule has 1 atom stereocenters. The summed E-state index contributed by atoms with van der Waals surface area (Å²) in [7, 11) is 0. The molecule has 2 aromatic carbocycles. The molecule has 0 fully saturated rings. The molecule has 122 valence electrons. The summed E-state index contributed by atoms with van der Waals surface area (Å²) in [5, 5.41) is 15.6. The molecule has 0 heterocycles. The third-order valence-corrected chi connectivity index (χ3v) is 3.49. The van der Waals surface area contributed by atoms with Crippen LogP contribution in [0.3, 0.4) is 0 Å². The Hall–Kier alpha value is -2.29. The van der Waals surface area contributed by atoms with Gasteiger partial charge in [0, 0.05) is 11.6 Å². The second-order valence-corrected chi connectivity index (χ2v) is 5.63. The SMILES string of the molecule is O=C(NCc1ccc(Cl)cc1)Nc1cccc(NS(=O)O)c1O. The minimum Gasteiger partial charge on any atom is -0.504 e. The van der Waals surface area contributed by atoms with Gasteiger partial charge in [-0.1, -0.05) is 29.8 Å². The molecular formula is C14H14ClN3O4S. The summed E-state index contributed by atoms with van der Waals surface area (Å²) in [5.74, 6) is -0.337. The first-order valence-electron chi connectivity index (χ1n) is 6.44. The summed E-state index contributed by atoms with van der Waals surface area (Å²) in [6.07, 6.45) is 0. The molecule has 0 radical (unpaired) electrons. The van der Waals surface area contributed by atoms with Crippen molar-refractivity contribution in [2.45, 2.75) is 6.54 Å². The number of aromatic hydroxyl groups is 1. The molecule has 23 heavy (non-hydrogen) atoms. The van der Waals surface area contributed by atoms with Crippen LogP contribution < -0.4 is 15.4 Å². The fraction of sp³-hybridized carbons (Fsp3) is 0.0714. The number of halogens is 1. The number of rotatable bonds is 5. The van der Waals surface area contributed by atoms with Gasteiger partial charge in [-0.3, -0.25) is 9.27 Å². The molecule has 0 aliphatic rings. The smallest absolute Gasteiger partial charge is 0.319 e. The first kappa shape index (κ1) is 17.1. The van der Waals surface area contributed by atoms with Crippen molar-refractivity contribution in [1.82, 2.24) is 5.32 Å². The third kappa shape index (κ3) is 5.13. The first-order valence-corrected chi connectivity index (χ1v) is 7.93. The van der Waals surface area contributed by atoms with Crippen LogP contribution in [-0.4, -0.2) is 19.9 Å². The normalized spacial score (nSPS) is 11.6. The summed E-state index contributed by atoms with van der Waals surface area (Å²) in [6.45, 7) is 0.280. The van der Waals surface area contributed by atoms with Gasteiger partial charge in [0.2, 0.25) is 0 Å². The monoisotopic (exact) mass is 355 g/mol. The fourth-order valence-corrected chi connectivity index (χ4v) is 2.25. The highest BCUT2D eigenvalue weighted by Crippen LogP contribution is 2.31. The Labute approximate surface area is 140 Å². The first-order chi connectivity index (χ1) is 11.0. The van der Waals surface area contributed by atoms with Gasteiger partial charge in [-0.2, -0.15) is 0 Å². The second kappa shape index (κ2) is 7.82. The molecule has 5 N–H and O–H groups in total. The summed E-state index contributed by atoms with van der Waals surface area (Å²) in [6, 6.07) is 10.8. The van der Waals surface area contributed by atoms with Crippen LogP contribution >= 0.6 is 11.6 Å². The fourth-order valence-electron chi connectivity index (χ4n) is 1.77. The minimum absolute atomic E-state index is 0.0290. The van der Waals surface area contributed by atoms with Crippen molar-refractivity contribution in [3.63, 3.8) is 0 Å². The number of carbonyl (C=O) groups excluding carboxylic acids is 1. The highest BCUT2D eigenvalue weighted by Gasteiger charge is 2.11. The Balaban J connectivity index is 1.97. The molecule has 7 nitrogen and oxygen atoms in total. The average molecular weight is 356 g/mol. The van der Waals surface area contributed by atoms with Crippen molar-refractivity contribution in [2.24, 2.45) is 0 Å². The van der Waals surface area contributed by atoms with E-state index in [4.69, 9.17) is 16.2 Å². The molecule has 1 unspecified atom stereocenters. The lowest BCUT2D eigenvalue weighted by molar-refractivity contribution is 0.251. The molecule has 0 bridgehead atoms. The molecule has 2 amide bonds. The van der Waals surface area contributed by atoms with E-state index in [1.165, 1.54) is 18.2 Å². The average Bonchev–Trinajstić information content (AvgIpc) is 2.50. The van der Waals surface area contributed by atoms with E-state index >= 15 is 0 Å². The lowest BCUT2D eigenvalue weighted by Crippen LogP contribution is -2.28. The number of benzene rings is 2. The van der Waals surface area contributed by atoms with Crippen LogP contribution in [0, 0.1) is 0 Å². The second-order valence-electron chi connectivity index (χ2n) is 4.49. The number of anilines is 2. The van der Waals surface area contributed by atoms with Crippen molar-refractivity contribution in [3.8, 4) is 5.75 Å². The van der Waals surface area contributed by atoms with Gasteiger partial charge < -0.3 is 15.7 Å². The Morgan fingerprint density at radius 3 is 2.43 bits per heavy atom. The van der Waals surface area contributed by atoms with E-state index in [0.717, 1.165) is 5.56 Å². The molecular weight excluding hydrogens is 342 g/mol. The summed E-state index contributed by atoms with van der Waals surface area (Å²) >= 11 is 3.45. The topological polar surface area (TPSA) is 111 Å². The van der Waals surface area contributed by atoms with Gasteiger partial charge in [-0.05, 0) is 29.8 Å². The maximum atomic E-state index is 11.8. The van der Waals surface area contributed by atoms with Crippen LogP contribution in [0.2, 0.25) is 5.02 Å². The van der Waals surface area contributed by atoms with Crippen molar-refractivity contribution in [2.75, 3.05) is 10.0 Å². The van der Waals surface area contributed by atoms with E-state index in [-0.39, 0.29) is 23.7 Å². The van der Waals surface area contributed by atoms with Crippen molar-refractivity contribution in [3.05, 3.63) is 53.1 Å². The Morgan fingerprint density at radius 2 is 1.78 bits per heavy atom. The van der Waals surface area contributed by atoms with E-state index in [9.17, 15) is 14.1 Å². The lowest BCUT2D eigenvalue weighted by atomic mass is 10.2. The van der Waals surface area contributed by atoms with Crippen LogP contribution in [0.5, 0.6) is 5.75 Å². The van der Waals surface area contributed by atoms with Gasteiger partial charge in [-0.25, -0.2) is 9.00 Å². The predicted molar refractivity (Wildman–Crippen MR) is 89.8 cm³/mol. The Bertz CT molecular complexity index is 724. The van der Waals surface area contributed by atoms with E-state index in [1.54, 1.807) is 24.3 Å². The van der Waals surface area contributed by atoms with E-state index in [2.05, 4.69) is 15.4 Å². The number of phenolic OH excluding ortho intramolecular Hbond substituents is 1. The highest BCUT2D eigenvalue weighted by molar-refractivity contribution is 7.80.